The van der Waals surface area contributed by atoms with Gasteiger partial charge in [0.05, 0.1) is 18.1 Å². The fourth-order valence-electron chi connectivity index (χ4n) is 1.34. The minimum absolute atomic E-state index is 0.368. The summed E-state index contributed by atoms with van der Waals surface area (Å²) in [5, 5.41) is 12.7. The number of carbonyl (C=O) groups is 2. The number of amides is 1. The number of nitrogens with two attached hydrogens (primary N) is 1. The molecule has 0 fully saturated rings. The van der Waals surface area contributed by atoms with Crippen LogP contribution in [0.25, 0.3) is 0 Å². The topological polar surface area (TPSA) is 95.2 Å². The average Bonchev–Trinajstić information content (AvgIpc) is 2.29. The van der Waals surface area contributed by atoms with Gasteiger partial charge >= 0.3 is 0 Å². The second-order valence-corrected chi connectivity index (χ2v) is 3.85. The third kappa shape index (κ3) is 4.24. The van der Waals surface area contributed by atoms with Crippen LogP contribution in [0.4, 0.5) is 0 Å². The molecule has 1 aromatic carbocycles. The molecule has 0 heterocycles. The van der Waals surface area contributed by atoms with Gasteiger partial charge in [-0.05, 0) is 18.9 Å². The number of nitrogens with one attached hydrogen (secondary N) is 1. The lowest BCUT2D eigenvalue weighted by Gasteiger charge is -2.18. The van der Waals surface area contributed by atoms with Gasteiger partial charge in [-0.2, -0.15) is 0 Å². The van der Waals surface area contributed by atoms with Gasteiger partial charge in [-0.3, -0.25) is 4.79 Å². The smallest absolute Gasteiger partial charge is 0.237 e. The van der Waals surface area contributed by atoms with Gasteiger partial charge in [-0.15, -0.1) is 0 Å². The molecular weight excluding hydrogens is 220 g/mol. The van der Waals surface area contributed by atoms with Crippen molar-refractivity contribution >= 4 is 11.9 Å². The number of aliphatic carboxylic acids is 1. The van der Waals surface area contributed by atoms with E-state index in [-0.39, 0.29) is 0 Å². The first-order chi connectivity index (χ1) is 8.00. The van der Waals surface area contributed by atoms with Crippen molar-refractivity contribution in [3.63, 3.8) is 0 Å². The summed E-state index contributed by atoms with van der Waals surface area (Å²) in [6.07, 6.45) is 0.368. The molecule has 0 aliphatic heterocycles. The highest BCUT2D eigenvalue weighted by molar-refractivity contribution is 5.86. The summed E-state index contributed by atoms with van der Waals surface area (Å²) in [5.41, 5.74) is 6.60. The lowest BCUT2D eigenvalue weighted by molar-refractivity contribution is -0.307. The molecule has 0 aliphatic rings. The summed E-state index contributed by atoms with van der Waals surface area (Å²) in [6, 6.07) is 7.48. The minimum Gasteiger partial charge on any atom is -0.548 e. The molecule has 0 radical (unpaired) electrons. The van der Waals surface area contributed by atoms with Crippen LogP contribution < -0.4 is 16.2 Å². The zero-order chi connectivity index (χ0) is 12.8. The van der Waals surface area contributed by atoms with E-state index in [0.717, 1.165) is 5.56 Å². The maximum absolute atomic E-state index is 11.5. The highest BCUT2D eigenvalue weighted by atomic mass is 16.4. The fraction of sp³-hybridized carbons (Fsp3) is 0.333. The van der Waals surface area contributed by atoms with E-state index in [1.807, 2.05) is 30.3 Å². The van der Waals surface area contributed by atoms with Crippen LogP contribution in [0.3, 0.4) is 0 Å². The molecule has 0 saturated heterocycles. The highest BCUT2D eigenvalue weighted by Gasteiger charge is 2.16. The molecule has 1 rings (SSSR count). The van der Waals surface area contributed by atoms with Gasteiger partial charge < -0.3 is 21.0 Å². The van der Waals surface area contributed by atoms with E-state index in [2.05, 4.69) is 5.32 Å². The van der Waals surface area contributed by atoms with E-state index in [1.165, 1.54) is 6.92 Å². The number of hydrogen-bond acceptors (Lipinski definition) is 4. The van der Waals surface area contributed by atoms with Crippen molar-refractivity contribution < 1.29 is 14.7 Å². The summed E-state index contributed by atoms with van der Waals surface area (Å²) in [4.78, 5) is 22.0. The second-order valence-electron chi connectivity index (χ2n) is 3.85. The van der Waals surface area contributed by atoms with Gasteiger partial charge in [-0.25, -0.2) is 0 Å². The molecule has 5 heteroatoms. The Morgan fingerprint density at radius 2 is 1.94 bits per heavy atom. The van der Waals surface area contributed by atoms with Crippen LogP contribution in [0.5, 0.6) is 0 Å². The molecule has 0 spiro atoms. The van der Waals surface area contributed by atoms with Crippen LogP contribution in [0, 0.1) is 0 Å². The average molecular weight is 235 g/mol. The predicted molar refractivity (Wildman–Crippen MR) is 60.7 cm³/mol. The van der Waals surface area contributed by atoms with E-state index in [0.29, 0.717) is 6.42 Å². The molecule has 17 heavy (non-hydrogen) atoms. The Bertz CT molecular complexity index is 392. The van der Waals surface area contributed by atoms with Crippen LogP contribution in [0.15, 0.2) is 30.3 Å². The number of carbonyl (C=O) groups excluding carboxylic acids is 2. The molecule has 5 nitrogen and oxygen atoms in total. The fourth-order valence-corrected chi connectivity index (χ4v) is 1.34. The summed E-state index contributed by atoms with van der Waals surface area (Å²) < 4.78 is 0. The SMILES string of the molecule is CC(NC(=O)C(N)Cc1ccccc1)C(=O)[O-]. The first-order valence-electron chi connectivity index (χ1n) is 5.31. The molecule has 0 aromatic heterocycles. The standard InChI is InChI=1S/C12H16N2O3/c1-8(12(16)17)14-11(15)10(13)7-9-5-3-2-4-6-9/h2-6,8,10H,7,13H2,1H3,(H,14,15)(H,16,17)/p-1. The lowest BCUT2D eigenvalue weighted by atomic mass is 10.1. The molecule has 0 saturated carbocycles. The number of hydrogen-bond donors (Lipinski definition) is 2. The van der Waals surface area contributed by atoms with Crippen LogP contribution in [-0.2, 0) is 16.0 Å². The Hall–Kier alpha value is -1.88. The van der Waals surface area contributed by atoms with Crippen LogP contribution in [0.1, 0.15) is 12.5 Å². The molecule has 3 N–H and O–H groups in total. The van der Waals surface area contributed by atoms with Gasteiger partial charge in [0.25, 0.3) is 0 Å². The van der Waals surface area contributed by atoms with Gasteiger partial charge in [0.1, 0.15) is 0 Å². The maximum Gasteiger partial charge on any atom is 0.237 e. The summed E-state index contributed by atoms with van der Waals surface area (Å²) in [6.45, 7) is 1.34. The quantitative estimate of drug-likeness (QED) is 0.671. The zero-order valence-electron chi connectivity index (χ0n) is 9.55. The number of carboxylic acids is 1. The maximum atomic E-state index is 11.5. The van der Waals surface area contributed by atoms with Crippen LogP contribution >= 0.6 is 0 Å². The van der Waals surface area contributed by atoms with Crippen molar-refractivity contribution in [2.45, 2.75) is 25.4 Å². The summed E-state index contributed by atoms with van der Waals surface area (Å²) in [7, 11) is 0. The number of carboxylic acid groups (broad SMARTS) is 1. The number of benzene rings is 1. The van der Waals surface area contributed by atoms with E-state index in [1.54, 1.807) is 0 Å². The third-order valence-electron chi connectivity index (χ3n) is 2.35. The molecule has 0 aliphatic carbocycles. The summed E-state index contributed by atoms with van der Waals surface area (Å²) in [5.74, 6) is -1.82. The van der Waals surface area contributed by atoms with Gasteiger partial charge in [0.2, 0.25) is 5.91 Å². The third-order valence-corrected chi connectivity index (χ3v) is 2.35. The lowest BCUT2D eigenvalue weighted by Crippen LogP contribution is -2.51. The molecule has 2 unspecified atom stereocenters. The van der Waals surface area contributed by atoms with Crippen molar-refractivity contribution in [3.05, 3.63) is 35.9 Å². The van der Waals surface area contributed by atoms with E-state index in [9.17, 15) is 14.7 Å². The van der Waals surface area contributed by atoms with E-state index in [4.69, 9.17) is 5.73 Å². The molecular formula is C12H15N2O3-. The first-order valence-corrected chi connectivity index (χ1v) is 5.31. The molecule has 1 aromatic rings. The number of rotatable bonds is 5. The van der Waals surface area contributed by atoms with E-state index < -0.39 is 24.0 Å². The molecule has 2 atom stereocenters. The zero-order valence-corrected chi connectivity index (χ0v) is 9.55. The van der Waals surface area contributed by atoms with Crippen molar-refractivity contribution in [1.82, 2.24) is 5.32 Å². The monoisotopic (exact) mass is 235 g/mol. The molecule has 1 amide bonds. The van der Waals surface area contributed by atoms with Crippen LogP contribution in [0.2, 0.25) is 0 Å². The second kappa shape index (κ2) is 6.00. The Morgan fingerprint density at radius 1 is 1.35 bits per heavy atom. The summed E-state index contributed by atoms with van der Waals surface area (Å²) >= 11 is 0. The highest BCUT2D eigenvalue weighted by Crippen LogP contribution is 2.01. The minimum atomic E-state index is -1.33. The van der Waals surface area contributed by atoms with Gasteiger partial charge in [0.15, 0.2) is 0 Å². The first kappa shape index (κ1) is 13.2. The Labute approximate surface area is 99.6 Å². The largest absolute Gasteiger partial charge is 0.548 e. The molecule has 0 bridgehead atoms. The van der Waals surface area contributed by atoms with E-state index >= 15 is 0 Å². The molecule has 92 valence electrons. The van der Waals surface area contributed by atoms with Crippen molar-refractivity contribution in [1.29, 1.82) is 0 Å². The Balaban J connectivity index is 2.50. The Morgan fingerprint density at radius 3 is 2.47 bits per heavy atom. The predicted octanol–water partition coefficient (Wildman–Crippen LogP) is -1.19. The Kier molecular flexibility index (Phi) is 4.66. The van der Waals surface area contributed by atoms with Crippen LogP contribution in [-0.4, -0.2) is 24.0 Å². The van der Waals surface area contributed by atoms with Crippen molar-refractivity contribution in [2.75, 3.05) is 0 Å². The van der Waals surface area contributed by atoms with Crippen molar-refractivity contribution in [2.24, 2.45) is 5.73 Å². The van der Waals surface area contributed by atoms with Gasteiger partial charge in [0, 0.05) is 0 Å². The van der Waals surface area contributed by atoms with Gasteiger partial charge in [-0.1, -0.05) is 30.3 Å². The van der Waals surface area contributed by atoms with Crippen molar-refractivity contribution in [3.8, 4) is 0 Å². The normalized spacial score (nSPS) is 13.8.